The SMILES string of the molecule is Cc1cn(C2CCCCC2)c(NCCOCC(C)C)n1. The first-order valence-electron chi connectivity index (χ1n) is 8.04. The van der Waals surface area contributed by atoms with Gasteiger partial charge in [-0.3, -0.25) is 0 Å². The van der Waals surface area contributed by atoms with E-state index in [0.717, 1.165) is 31.4 Å². The lowest BCUT2D eigenvalue weighted by atomic mass is 9.95. The minimum Gasteiger partial charge on any atom is -0.379 e. The van der Waals surface area contributed by atoms with Gasteiger partial charge < -0.3 is 14.6 Å². The Bertz CT molecular complexity index is 394. The quantitative estimate of drug-likeness (QED) is 0.772. The van der Waals surface area contributed by atoms with Gasteiger partial charge in [0.1, 0.15) is 0 Å². The third-order valence-electron chi connectivity index (χ3n) is 3.80. The Balaban J connectivity index is 1.84. The minimum absolute atomic E-state index is 0.599. The second kappa shape index (κ2) is 7.67. The zero-order valence-corrected chi connectivity index (χ0v) is 13.2. The number of hydrogen-bond acceptors (Lipinski definition) is 3. The highest BCUT2D eigenvalue weighted by Crippen LogP contribution is 2.30. The smallest absolute Gasteiger partial charge is 0.203 e. The maximum absolute atomic E-state index is 5.61. The monoisotopic (exact) mass is 279 g/mol. The molecule has 0 radical (unpaired) electrons. The van der Waals surface area contributed by atoms with Gasteiger partial charge in [0.05, 0.1) is 12.3 Å². The first-order valence-corrected chi connectivity index (χ1v) is 8.04. The van der Waals surface area contributed by atoms with Crippen LogP contribution in [0.3, 0.4) is 0 Å². The molecule has 0 amide bonds. The fraction of sp³-hybridized carbons (Fsp3) is 0.812. The molecule has 1 aliphatic carbocycles. The summed E-state index contributed by atoms with van der Waals surface area (Å²) in [7, 11) is 0. The molecule has 1 N–H and O–H groups in total. The zero-order valence-electron chi connectivity index (χ0n) is 13.2. The molecule has 0 unspecified atom stereocenters. The lowest BCUT2D eigenvalue weighted by Crippen LogP contribution is -2.18. The number of anilines is 1. The van der Waals surface area contributed by atoms with E-state index in [1.54, 1.807) is 0 Å². The second-order valence-electron chi connectivity index (χ2n) is 6.30. The van der Waals surface area contributed by atoms with Crippen molar-refractivity contribution in [2.24, 2.45) is 5.92 Å². The van der Waals surface area contributed by atoms with E-state index in [4.69, 9.17) is 4.74 Å². The fourth-order valence-corrected chi connectivity index (χ4v) is 2.84. The Hall–Kier alpha value is -1.03. The van der Waals surface area contributed by atoms with E-state index >= 15 is 0 Å². The normalized spacial score (nSPS) is 16.8. The molecule has 1 saturated carbocycles. The van der Waals surface area contributed by atoms with Crippen LogP contribution in [-0.4, -0.2) is 29.3 Å². The molecule has 1 aliphatic rings. The van der Waals surface area contributed by atoms with E-state index in [2.05, 4.69) is 41.8 Å². The molecular weight excluding hydrogens is 250 g/mol. The number of hydrogen-bond donors (Lipinski definition) is 1. The number of ether oxygens (including phenoxy) is 1. The van der Waals surface area contributed by atoms with Crippen molar-refractivity contribution < 1.29 is 4.74 Å². The maximum atomic E-state index is 5.61. The predicted molar refractivity (Wildman–Crippen MR) is 83.2 cm³/mol. The van der Waals surface area contributed by atoms with Crippen molar-refractivity contribution in [2.75, 3.05) is 25.1 Å². The number of rotatable bonds is 7. The summed E-state index contributed by atoms with van der Waals surface area (Å²) in [5.74, 6) is 1.61. The third kappa shape index (κ3) is 4.51. The number of aryl methyl sites for hydroxylation is 1. The minimum atomic E-state index is 0.599. The molecule has 0 spiro atoms. The molecule has 4 heteroatoms. The van der Waals surface area contributed by atoms with Crippen LogP contribution in [0.1, 0.15) is 57.7 Å². The summed E-state index contributed by atoms with van der Waals surface area (Å²) in [6.45, 7) is 8.82. The Morgan fingerprint density at radius 2 is 2.10 bits per heavy atom. The van der Waals surface area contributed by atoms with Crippen molar-refractivity contribution >= 4 is 5.95 Å². The van der Waals surface area contributed by atoms with Crippen molar-refractivity contribution in [2.45, 2.75) is 58.9 Å². The molecule has 20 heavy (non-hydrogen) atoms. The molecule has 0 saturated heterocycles. The number of imidazole rings is 1. The van der Waals surface area contributed by atoms with E-state index in [-0.39, 0.29) is 0 Å². The summed E-state index contributed by atoms with van der Waals surface area (Å²) in [6, 6.07) is 0.629. The highest BCUT2D eigenvalue weighted by Gasteiger charge is 2.18. The first kappa shape index (κ1) is 15.4. The Morgan fingerprint density at radius 3 is 2.80 bits per heavy atom. The summed E-state index contributed by atoms with van der Waals surface area (Å²) in [5, 5.41) is 3.43. The molecule has 4 nitrogen and oxygen atoms in total. The lowest BCUT2D eigenvalue weighted by molar-refractivity contribution is 0.118. The van der Waals surface area contributed by atoms with Crippen molar-refractivity contribution in [1.82, 2.24) is 9.55 Å². The van der Waals surface area contributed by atoms with Crippen LogP contribution in [0.15, 0.2) is 6.20 Å². The first-order chi connectivity index (χ1) is 9.66. The van der Waals surface area contributed by atoms with Gasteiger partial charge in [0.2, 0.25) is 5.95 Å². The second-order valence-corrected chi connectivity index (χ2v) is 6.30. The van der Waals surface area contributed by atoms with E-state index in [0.29, 0.717) is 12.0 Å². The van der Waals surface area contributed by atoms with Crippen molar-refractivity contribution in [3.63, 3.8) is 0 Å². The Labute approximate surface area is 122 Å². The predicted octanol–water partition coefficient (Wildman–Crippen LogP) is 3.78. The molecule has 1 aromatic heterocycles. The molecule has 0 aliphatic heterocycles. The van der Waals surface area contributed by atoms with Gasteiger partial charge in [0.15, 0.2) is 0 Å². The molecule has 114 valence electrons. The molecule has 0 aromatic carbocycles. The fourth-order valence-electron chi connectivity index (χ4n) is 2.84. The molecule has 1 fully saturated rings. The van der Waals surface area contributed by atoms with E-state index in [1.165, 1.54) is 32.1 Å². The van der Waals surface area contributed by atoms with Gasteiger partial charge in [-0.15, -0.1) is 0 Å². The van der Waals surface area contributed by atoms with Gasteiger partial charge in [-0.05, 0) is 25.7 Å². The van der Waals surface area contributed by atoms with Crippen LogP contribution in [-0.2, 0) is 4.74 Å². The van der Waals surface area contributed by atoms with Crippen molar-refractivity contribution in [3.8, 4) is 0 Å². The molecule has 0 bridgehead atoms. The van der Waals surface area contributed by atoms with Gasteiger partial charge in [-0.2, -0.15) is 0 Å². The van der Waals surface area contributed by atoms with Crippen LogP contribution >= 0.6 is 0 Å². The standard InChI is InChI=1S/C16H29N3O/c1-13(2)12-20-10-9-17-16-18-14(3)11-19(16)15-7-5-4-6-8-15/h11,13,15H,4-10,12H2,1-3H3,(H,17,18). The van der Waals surface area contributed by atoms with Crippen LogP contribution in [0.2, 0.25) is 0 Å². The van der Waals surface area contributed by atoms with Crippen LogP contribution in [0, 0.1) is 12.8 Å². The lowest BCUT2D eigenvalue weighted by Gasteiger charge is -2.24. The van der Waals surface area contributed by atoms with Crippen LogP contribution in [0.5, 0.6) is 0 Å². The summed E-state index contributed by atoms with van der Waals surface area (Å²) in [4.78, 5) is 4.61. The van der Waals surface area contributed by atoms with Crippen LogP contribution in [0.25, 0.3) is 0 Å². The van der Waals surface area contributed by atoms with Crippen LogP contribution < -0.4 is 5.32 Å². The van der Waals surface area contributed by atoms with Gasteiger partial charge in [0.25, 0.3) is 0 Å². The summed E-state index contributed by atoms with van der Waals surface area (Å²) in [5.41, 5.74) is 1.10. The van der Waals surface area contributed by atoms with E-state index in [1.807, 2.05) is 0 Å². The average molecular weight is 279 g/mol. The summed E-state index contributed by atoms with van der Waals surface area (Å²) >= 11 is 0. The summed E-state index contributed by atoms with van der Waals surface area (Å²) in [6.07, 6.45) is 8.84. The number of aromatic nitrogens is 2. The average Bonchev–Trinajstić information content (AvgIpc) is 2.80. The molecule has 1 heterocycles. The molecule has 1 aromatic rings. The highest BCUT2D eigenvalue weighted by molar-refractivity contribution is 5.29. The van der Waals surface area contributed by atoms with Gasteiger partial charge in [-0.1, -0.05) is 33.1 Å². The zero-order chi connectivity index (χ0) is 14.4. The maximum Gasteiger partial charge on any atom is 0.203 e. The van der Waals surface area contributed by atoms with Gasteiger partial charge in [0, 0.05) is 25.4 Å². The Morgan fingerprint density at radius 1 is 1.35 bits per heavy atom. The van der Waals surface area contributed by atoms with E-state index in [9.17, 15) is 0 Å². The van der Waals surface area contributed by atoms with Crippen molar-refractivity contribution in [3.05, 3.63) is 11.9 Å². The molecular formula is C16H29N3O. The largest absolute Gasteiger partial charge is 0.379 e. The van der Waals surface area contributed by atoms with Crippen LogP contribution in [0.4, 0.5) is 5.95 Å². The Kier molecular flexibility index (Phi) is 5.89. The number of nitrogens with zero attached hydrogens (tertiary/aromatic N) is 2. The molecule has 0 atom stereocenters. The van der Waals surface area contributed by atoms with Crippen molar-refractivity contribution in [1.29, 1.82) is 0 Å². The number of nitrogens with one attached hydrogen (secondary N) is 1. The van der Waals surface area contributed by atoms with Gasteiger partial charge >= 0.3 is 0 Å². The highest BCUT2D eigenvalue weighted by atomic mass is 16.5. The molecule has 2 rings (SSSR count). The topological polar surface area (TPSA) is 39.1 Å². The summed E-state index contributed by atoms with van der Waals surface area (Å²) < 4.78 is 7.95. The van der Waals surface area contributed by atoms with E-state index < -0.39 is 0 Å². The van der Waals surface area contributed by atoms with Gasteiger partial charge in [-0.25, -0.2) is 4.98 Å². The third-order valence-corrected chi connectivity index (χ3v) is 3.80.